The van der Waals surface area contributed by atoms with Crippen molar-refractivity contribution in [3.05, 3.63) is 16.3 Å². The zero-order chi connectivity index (χ0) is 9.14. The average Bonchev–Trinajstić information content (AvgIpc) is 2.34. The summed E-state index contributed by atoms with van der Waals surface area (Å²) < 4.78 is 4.91. The fourth-order valence-corrected chi connectivity index (χ4v) is 1.35. The van der Waals surface area contributed by atoms with E-state index in [1.54, 1.807) is 13.8 Å². The lowest BCUT2D eigenvalue weighted by atomic mass is 10.4. The Morgan fingerprint density at radius 2 is 2.33 bits per heavy atom. The van der Waals surface area contributed by atoms with Gasteiger partial charge in [-0.05, 0) is 13.8 Å². The highest BCUT2D eigenvalue weighted by Crippen LogP contribution is 2.20. The van der Waals surface area contributed by atoms with E-state index < -0.39 is 0 Å². The van der Waals surface area contributed by atoms with Crippen LogP contribution in [-0.2, 0) is 4.74 Å². The molecule has 0 radical (unpaired) electrons. The Kier molecular flexibility index (Phi) is 2.70. The standard InChI is InChI=1S/C8H10O3S/c1-5(2)11-8(10)7-3-6(9)4-12-7/h3-5,9H,1-2H3. The minimum Gasteiger partial charge on any atom is -0.507 e. The Morgan fingerprint density at radius 1 is 1.67 bits per heavy atom. The molecule has 1 aromatic rings. The second kappa shape index (κ2) is 3.58. The van der Waals surface area contributed by atoms with Crippen LogP contribution in [0.2, 0.25) is 0 Å². The van der Waals surface area contributed by atoms with E-state index in [4.69, 9.17) is 9.84 Å². The molecule has 0 saturated heterocycles. The Hall–Kier alpha value is -1.03. The van der Waals surface area contributed by atoms with Gasteiger partial charge in [0, 0.05) is 11.4 Å². The maximum absolute atomic E-state index is 11.1. The molecule has 0 aliphatic carbocycles. The Bertz CT molecular complexity index is 278. The highest BCUT2D eigenvalue weighted by atomic mass is 32.1. The normalized spacial score (nSPS) is 10.2. The van der Waals surface area contributed by atoms with Crippen LogP contribution < -0.4 is 0 Å². The molecule has 0 atom stereocenters. The molecule has 1 heterocycles. The van der Waals surface area contributed by atoms with Crippen molar-refractivity contribution in [2.24, 2.45) is 0 Å². The van der Waals surface area contributed by atoms with E-state index in [1.165, 1.54) is 22.8 Å². The van der Waals surface area contributed by atoms with Gasteiger partial charge in [0.2, 0.25) is 0 Å². The molecule has 1 aromatic heterocycles. The number of carbonyl (C=O) groups is 1. The predicted molar refractivity (Wildman–Crippen MR) is 46.5 cm³/mol. The smallest absolute Gasteiger partial charge is 0.348 e. The van der Waals surface area contributed by atoms with Crippen LogP contribution in [0.4, 0.5) is 0 Å². The average molecular weight is 186 g/mol. The third kappa shape index (κ3) is 2.23. The van der Waals surface area contributed by atoms with Crippen molar-refractivity contribution >= 4 is 17.3 Å². The maximum Gasteiger partial charge on any atom is 0.348 e. The molecular formula is C8H10O3S. The van der Waals surface area contributed by atoms with E-state index in [2.05, 4.69) is 0 Å². The zero-order valence-corrected chi connectivity index (χ0v) is 7.72. The summed E-state index contributed by atoms with van der Waals surface area (Å²) in [5.74, 6) is -0.272. The molecule has 3 nitrogen and oxygen atoms in total. The monoisotopic (exact) mass is 186 g/mol. The van der Waals surface area contributed by atoms with Crippen LogP contribution in [0.15, 0.2) is 11.4 Å². The van der Waals surface area contributed by atoms with Gasteiger partial charge in [0.1, 0.15) is 10.6 Å². The second-order valence-electron chi connectivity index (χ2n) is 2.62. The summed E-state index contributed by atoms with van der Waals surface area (Å²) in [6.07, 6.45) is -0.123. The maximum atomic E-state index is 11.1. The summed E-state index contributed by atoms with van der Waals surface area (Å²) in [7, 11) is 0. The molecule has 0 fully saturated rings. The predicted octanol–water partition coefficient (Wildman–Crippen LogP) is 2.02. The number of aromatic hydroxyl groups is 1. The zero-order valence-electron chi connectivity index (χ0n) is 6.90. The number of carbonyl (C=O) groups excluding carboxylic acids is 1. The molecule has 0 aromatic carbocycles. The van der Waals surface area contributed by atoms with E-state index in [9.17, 15) is 4.79 Å². The first kappa shape index (κ1) is 9.06. The van der Waals surface area contributed by atoms with Gasteiger partial charge in [-0.2, -0.15) is 0 Å². The number of rotatable bonds is 2. The molecule has 12 heavy (non-hydrogen) atoms. The molecule has 0 aliphatic rings. The number of ether oxygens (including phenoxy) is 1. The molecule has 1 rings (SSSR count). The number of hydrogen-bond acceptors (Lipinski definition) is 4. The number of esters is 1. The van der Waals surface area contributed by atoms with Gasteiger partial charge in [0.25, 0.3) is 0 Å². The summed E-state index contributed by atoms with van der Waals surface area (Å²) >= 11 is 1.18. The molecule has 0 bridgehead atoms. The fraction of sp³-hybridized carbons (Fsp3) is 0.375. The van der Waals surface area contributed by atoms with Crippen LogP contribution >= 0.6 is 11.3 Å². The van der Waals surface area contributed by atoms with Crippen molar-refractivity contribution < 1.29 is 14.6 Å². The summed E-state index contributed by atoms with van der Waals surface area (Å²) in [4.78, 5) is 11.6. The fourth-order valence-electron chi connectivity index (χ4n) is 0.705. The first-order valence-electron chi connectivity index (χ1n) is 3.58. The topological polar surface area (TPSA) is 46.5 Å². The first-order chi connectivity index (χ1) is 5.59. The second-order valence-corrected chi connectivity index (χ2v) is 3.53. The summed E-state index contributed by atoms with van der Waals surface area (Å²) in [6.45, 7) is 3.57. The molecule has 0 amide bonds. The van der Waals surface area contributed by atoms with Gasteiger partial charge >= 0.3 is 5.97 Å². The van der Waals surface area contributed by atoms with E-state index in [0.717, 1.165) is 0 Å². The van der Waals surface area contributed by atoms with Crippen LogP contribution in [0.25, 0.3) is 0 Å². The summed E-state index contributed by atoms with van der Waals surface area (Å²) in [5, 5.41) is 10.4. The molecule has 1 N–H and O–H groups in total. The SMILES string of the molecule is CC(C)OC(=O)c1cc(O)cs1. The van der Waals surface area contributed by atoms with Crippen LogP contribution in [0.1, 0.15) is 23.5 Å². The van der Waals surface area contributed by atoms with Gasteiger partial charge in [-0.3, -0.25) is 0 Å². The highest BCUT2D eigenvalue weighted by Gasteiger charge is 2.11. The van der Waals surface area contributed by atoms with Crippen LogP contribution in [-0.4, -0.2) is 17.2 Å². The van der Waals surface area contributed by atoms with Gasteiger partial charge in [0.15, 0.2) is 0 Å². The van der Waals surface area contributed by atoms with Gasteiger partial charge in [-0.1, -0.05) is 0 Å². The summed E-state index contributed by atoms with van der Waals surface area (Å²) in [6, 6.07) is 1.40. The lowest BCUT2D eigenvalue weighted by Gasteiger charge is -2.04. The molecular weight excluding hydrogens is 176 g/mol. The third-order valence-electron chi connectivity index (χ3n) is 1.13. The Labute approximate surface area is 74.6 Å². The van der Waals surface area contributed by atoms with Crippen LogP contribution in [0, 0.1) is 0 Å². The van der Waals surface area contributed by atoms with Crippen molar-refractivity contribution in [2.75, 3.05) is 0 Å². The Morgan fingerprint density at radius 3 is 2.75 bits per heavy atom. The van der Waals surface area contributed by atoms with Gasteiger partial charge in [-0.25, -0.2) is 4.79 Å². The number of thiophene rings is 1. The molecule has 4 heteroatoms. The molecule has 0 unspecified atom stereocenters. The molecule has 0 aliphatic heterocycles. The van der Waals surface area contributed by atoms with E-state index >= 15 is 0 Å². The van der Waals surface area contributed by atoms with Crippen molar-refractivity contribution in [3.63, 3.8) is 0 Å². The van der Waals surface area contributed by atoms with E-state index in [1.807, 2.05) is 0 Å². The largest absolute Gasteiger partial charge is 0.507 e. The molecule has 0 saturated carbocycles. The quantitative estimate of drug-likeness (QED) is 0.719. The molecule has 66 valence electrons. The third-order valence-corrected chi connectivity index (χ3v) is 2.03. The minimum atomic E-state index is -0.379. The van der Waals surface area contributed by atoms with E-state index in [0.29, 0.717) is 4.88 Å². The lowest BCUT2D eigenvalue weighted by Crippen LogP contribution is -2.09. The lowest BCUT2D eigenvalue weighted by molar-refractivity contribution is 0.0383. The molecule has 0 spiro atoms. The van der Waals surface area contributed by atoms with Gasteiger partial charge in [-0.15, -0.1) is 11.3 Å². The minimum absolute atomic E-state index is 0.107. The number of hydrogen-bond donors (Lipinski definition) is 1. The Balaban J connectivity index is 2.65. The van der Waals surface area contributed by atoms with Gasteiger partial charge in [0.05, 0.1) is 6.10 Å². The first-order valence-corrected chi connectivity index (χ1v) is 4.46. The van der Waals surface area contributed by atoms with Crippen molar-refractivity contribution in [1.82, 2.24) is 0 Å². The van der Waals surface area contributed by atoms with Crippen LogP contribution in [0.3, 0.4) is 0 Å². The van der Waals surface area contributed by atoms with E-state index in [-0.39, 0.29) is 17.8 Å². The summed E-state index contributed by atoms with van der Waals surface area (Å²) in [5.41, 5.74) is 0. The van der Waals surface area contributed by atoms with Gasteiger partial charge < -0.3 is 9.84 Å². The van der Waals surface area contributed by atoms with Crippen molar-refractivity contribution in [1.29, 1.82) is 0 Å². The van der Waals surface area contributed by atoms with Crippen LogP contribution in [0.5, 0.6) is 5.75 Å². The highest BCUT2D eigenvalue weighted by molar-refractivity contribution is 7.12. The van der Waals surface area contributed by atoms with Crippen molar-refractivity contribution in [2.45, 2.75) is 20.0 Å². The van der Waals surface area contributed by atoms with Crippen molar-refractivity contribution in [3.8, 4) is 5.75 Å².